The molecule has 0 aromatic heterocycles. The van der Waals surface area contributed by atoms with E-state index in [1.807, 2.05) is 0 Å². The van der Waals surface area contributed by atoms with Crippen LogP contribution >= 0.6 is 0 Å². The minimum absolute atomic E-state index is 0.183. The highest BCUT2D eigenvalue weighted by Gasteiger charge is 2.22. The van der Waals surface area contributed by atoms with Crippen molar-refractivity contribution in [2.75, 3.05) is 6.54 Å². The summed E-state index contributed by atoms with van der Waals surface area (Å²) in [7, 11) is 0. The van der Waals surface area contributed by atoms with Gasteiger partial charge in [0.15, 0.2) is 6.29 Å². The first-order chi connectivity index (χ1) is 8.47. The molecule has 1 rings (SSSR count). The molecule has 1 aromatic rings. The molecule has 3 N–H and O–H groups in total. The number of carbonyl (C=O) groups excluding carboxylic acids is 2. The van der Waals surface area contributed by atoms with Gasteiger partial charge < -0.3 is 15.5 Å². The van der Waals surface area contributed by atoms with Gasteiger partial charge in [-0.15, -0.1) is 0 Å². The van der Waals surface area contributed by atoms with E-state index in [0.717, 1.165) is 0 Å². The van der Waals surface area contributed by atoms with E-state index in [0.29, 0.717) is 6.29 Å². The molecule has 2 atom stereocenters. The first kappa shape index (κ1) is 14.3. The molecule has 2 unspecified atom stereocenters. The third-order valence-electron chi connectivity index (χ3n) is 2.43. The summed E-state index contributed by atoms with van der Waals surface area (Å²) in [4.78, 5) is 21.2. The average Bonchev–Trinajstić information content (AvgIpc) is 2.35. The van der Waals surface area contributed by atoms with Gasteiger partial charge >= 0.3 is 0 Å². The van der Waals surface area contributed by atoms with E-state index in [-0.39, 0.29) is 23.6 Å². The molecule has 1 amide bonds. The van der Waals surface area contributed by atoms with Gasteiger partial charge in [0.05, 0.1) is 5.56 Å². The third kappa shape index (κ3) is 3.35. The second kappa shape index (κ2) is 6.23. The Balaban J connectivity index is 2.86. The monoisotopic (exact) mass is 255 g/mol. The summed E-state index contributed by atoms with van der Waals surface area (Å²) < 4.78 is 13.7. The van der Waals surface area contributed by atoms with Crippen LogP contribution in [0.5, 0.6) is 0 Å². The Labute approximate surface area is 103 Å². The Morgan fingerprint density at radius 1 is 1.50 bits per heavy atom. The molecule has 0 fully saturated rings. The second-order valence-corrected chi connectivity index (χ2v) is 3.82. The maximum Gasteiger partial charge on any atom is 0.216 e. The lowest BCUT2D eigenvalue weighted by molar-refractivity contribution is -0.119. The van der Waals surface area contributed by atoms with E-state index >= 15 is 0 Å². The zero-order valence-electron chi connectivity index (χ0n) is 9.76. The highest BCUT2D eigenvalue weighted by atomic mass is 19.1. The van der Waals surface area contributed by atoms with Crippen molar-refractivity contribution in [2.24, 2.45) is 0 Å². The Bertz CT molecular complexity index is 450. The molecular formula is C12H14FNO4. The minimum atomic E-state index is -1.52. The van der Waals surface area contributed by atoms with E-state index in [9.17, 15) is 24.2 Å². The molecule has 0 aliphatic rings. The van der Waals surface area contributed by atoms with Crippen molar-refractivity contribution < 1.29 is 24.2 Å². The molecule has 18 heavy (non-hydrogen) atoms. The summed E-state index contributed by atoms with van der Waals surface area (Å²) in [6.45, 7) is 1.05. The fourth-order valence-corrected chi connectivity index (χ4v) is 1.46. The smallest absolute Gasteiger partial charge is 0.216 e. The number of hydrogen-bond donors (Lipinski definition) is 3. The van der Waals surface area contributed by atoms with E-state index in [1.165, 1.54) is 25.1 Å². The molecule has 1 aromatic carbocycles. The Morgan fingerprint density at radius 2 is 2.17 bits per heavy atom. The maximum atomic E-state index is 13.7. The van der Waals surface area contributed by atoms with Gasteiger partial charge in [-0.1, -0.05) is 12.1 Å². The number of aldehydes is 1. The molecule has 0 aliphatic heterocycles. The van der Waals surface area contributed by atoms with Gasteiger partial charge in [0.25, 0.3) is 0 Å². The van der Waals surface area contributed by atoms with Crippen molar-refractivity contribution in [3.05, 3.63) is 35.1 Å². The highest BCUT2D eigenvalue weighted by molar-refractivity contribution is 5.75. The molecule has 98 valence electrons. The number of benzene rings is 1. The fraction of sp³-hybridized carbons (Fsp3) is 0.333. The Hall–Kier alpha value is -1.79. The lowest BCUT2D eigenvalue weighted by Crippen LogP contribution is -2.34. The third-order valence-corrected chi connectivity index (χ3v) is 2.43. The van der Waals surface area contributed by atoms with Crippen LogP contribution in [0, 0.1) is 5.82 Å². The molecule has 0 saturated heterocycles. The highest BCUT2D eigenvalue weighted by Crippen LogP contribution is 2.21. The van der Waals surface area contributed by atoms with Gasteiger partial charge in [-0.05, 0) is 6.07 Å². The molecule has 0 heterocycles. The number of nitrogens with one attached hydrogen (secondary N) is 1. The number of halogens is 1. The van der Waals surface area contributed by atoms with Crippen LogP contribution < -0.4 is 5.32 Å². The van der Waals surface area contributed by atoms with Gasteiger partial charge in [-0.25, -0.2) is 4.39 Å². The predicted molar refractivity (Wildman–Crippen MR) is 61.4 cm³/mol. The maximum absolute atomic E-state index is 13.7. The van der Waals surface area contributed by atoms with Crippen molar-refractivity contribution in [1.82, 2.24) is 5.32 Å². The predicted octanol–water partition coefficient (Wildman–Crippen LogP) is 0.169. The van der Waals surface area contributed by atoms with Gasteiger partial charge in [-0.2, -0.15) is 0 Å². The molecule has 5 nitrogen and oxygen atoms in total. The summed E-state index contributed by atoms with van der Waals surface area (Å²) >= 11 is 0. The first-order valence-electron chi connectivity index (χ1n) is 5.31. The summed E-state index contributed by atoms with van der Waals surface area (Å²) in [6, 6.07) is 3.93. The lowest BCUT2D eigenvalue weighted by Gasteiger charge is -2.19. The van der Waals surface area contributed by atoms with Crippen LogP contribution in [-0.4, -0.2) is 35.1 Å². The van der Waals surface area contributed by atoms with Crippen molar-refractivity contribution in [3.63, 3.8) is 0 Å². The van der Waals surface area contributed by atoms with E-state index in [2.05, 4.69) is 5.32 Å². The van der Waals surface area contributed by atoms with Crippen molar-refractivity contribution >= 4 is 12.2 Å². The standard InChI is InChI=1S/C12H14FNO4/c1-7(16)14-5-10(17)12(18)9-4-2-3-8(6-15)11(9)13/h2-4,6,10,12,17-18H,5H2,1H3,(H,14,16). The van der Waals surface area contributed by atoms with Crippen LogP contribution in [0.1, 0.15) is 28.9 Å². The topological polar surface area (TPSA) is 86.6 Å². The van der Waals surface area contributed by atoms with Gasteiger partial charge in [-0.3, -0.25) is 9.59 Å². The van der Waals surface area contributed by atoms with Crippen LogP contribution in [0.15, 0.2) is 18.2 Å². The zero-order valence-corrected chi connectivity index (χ0v) is 9.76. The van der Waals surface area contributed by atoms with Gasteiger partial charge in [0.2, 0.25) is 5.91 Å². The minimum Gasteiger partial charge on any atom is -0.388 e. The largest absolute Gasteiger partial charge is 0.388 e. The van der Waals surface area contributed by atoms with E-state index in [4.69, 9.17) is 0 Å². The Morgan fingerprint density at radius 3 is 2.72 bits per heavy atom. The number of hydrogen-bond acceptors (Lipinski definition) is 4. The Kier molecular flexibility index (Phi) is 4.94. The number of rotatable bonds is 5. The van der Waals surface area contributed by atoms with Crippen LogP contribution in [0.2, 0.25) is 0 Å². The number of aliphatic hydroxyl groups is 2. The van der Waals surface area contributed by atoms with E-state index in [1.54, 1.807) is 0 Å². The molecular weight excluding hydrogens is 241 g/mol. The molecule has 6 heteroatoms. The zero-order chi connectivity index (χ0) is 13.7. The summed E-state index contributed by atoms with van der Waals surface area (Å²) in [5.41, 5.74) is -0.379. The van der Waals surface area contributed by atoms with E-state index < -0.39 is 18.0 Å². The van der Waals surface area contributed by atoms with Crippen molar-refractivity contribution in [2.45, 2.75) is 19.1 Å². The van der Waals surface area contributed by atoms with Crippen molar-refractivity contribution in [3.8, 4) is 0 Å². The first-order valence-corrected chi connectivity index (χ1v) is 5.31. The van der Waals surface area contributed by atoms with Crippen LogP contribution in [0.25, 0.3) is 0 Å². The molecule has 0 radical (unpaired) electrons. The summed E-state index contributed by atoms with van der Waals surface area (Å²) in [5.74, 6) is -1.25. The normalized spacial score (nSPS) is 13.8. The average molecular weight is 255 g/mol. The summed E-state index contributed by atoms with van der Waals surface area (Å²) in [5, 5.41) is 21.6. The quantitative estimate of drug-likeness (QED) is 0.654. The number of carbonyl (C=O) groups is 2. The number of aliphatic hydroxyl groups excluding tert-OH is 2. The number of amides is 1. The second-order valence-electron chi connectivity index (χ2n) is 3.82. The summed E-state index contributed by atoms with van der Waals surface area (Å²) in [6.07, 6.45) is -2.55. The van der Waals surface area contributed by atoms with Gasteiger partial charge in [0, 0.05) is 19.0 Å². The fourth-order valence-electron chi connectivity index (χ4n) is 1.46. The molecule has 0 saturated carbocycles. The van der Waals surface area contributed by atoms with Crippen LogP contribution in [-0.2, 0) is 4.79 Å². The molecule has 0 spiro atoms. The van der Waals surface area contributed by atoms with Crippen molar-refractivity contribution in [1.29, 1.82) is 0 Å². The van der Waals surface area contributed by atoms with Crippen LogP contribution in [0.3, 0.4) is 0 Å². The SMILES string of the molecule is CC(=O)NCC(O)C(O)c1cccc(C=O)c1F. The van der Waals surface area contributed by atoms with Gasteiger partial charge in [0.1, 0.15) is 18.0 Å². The lowest BCUT2D eigenvalue weighted by atomic mass is 10.0. The molecule has 0 bridgehead atoms. The molecule has 0 aliphatic carbocycles. The van der Waals surface area contributed by atoms with Crippen LogP contribution in [0.4, 0.5) is 4.39 Å².